The molecule has 1 aliphatic heterocycles. The fourth-order valence-electron chi connectivity index (χ4n) is 2.54. The summed E-state index contributed by atoms with van der Waals surface area (Å²) in [6.07, 6.45) is 0.481. The predicted molar refractivity (Wildman–Crippen MR) is 85.3 cm³/mol. The van der Waals surface area contributed by atoms with Gasteiger partial charge in [0.25, 0.3) is 9.84 Å². The van der Waals surface area contributed by atoms with Gasteiger partial charge in [-0.25, -0.2) is 16.8 Å². The van der Waals surface area contributed by atoms with Crippen molar-refractivity contribution in [2.24, 2.45) is 0 Å². The fraction of sp³-hybridized carbons (Fsp3) is 0.500. The molecule has 0 saturated carbocycles. The Hall–Kier alpha value is -1.66. The lowest BCUT2D eigenvalue weighted by molar-refractivity contribution is -0.121. The van der Waals surface area contributed by atoms with Gasteiger partial charge in [-0.3, -0.25) is 4.79 Å². The Morgan fingerprint density at radius 1 is 1.19 bits per heavy atom. The van der Waals surface area contributed by atoms with Crippen molar-refractivity contribution in [3.05, 3.63) is 24.3 Å². The highest BCUT2D eigenvalue weighted by atomic mass is 32.2. The van der Waals surface area contributed by atoms with E-state index in [-0.39, 0.29) is 31.8 Å². The quantitative estimate of drug-likeness (QED) is 0.782. The van der Waals surface area contributed by atoms with Crippen LogP contribution in [-0.2, 0) is 24.7 Å². The first-order valence-corrected chi connectivity index (χ1v) is 10.5. The van der Waals surface area contributed by atoms with E-state index >= 15 is 0 Å². The minimum atomic E-state index is -5.83. The van der Waals surface area contributed by atoms with Crippen LogP contribution in [0.15, 0.2) is 34.1 Å². The Morgan fingerprint density at radius 2 is 1.77 bits per heavy atom. The van der Waals surface area contributed by atoms with E-state index in [4.69, 9.17) is 0 Å². The molecular formula is C14H17F3N2O5S2. The van der Waals surface area contributed by atoms with E-state index in [0.717, 1.165) is 22.5 Å². The number of carbonyl (C=O) groups excluding carboxylic acids is 1. The maximum Gasteiger partial charge on any atom is 0.501 e. The zero-order chi connectivity index (χ0) is 19.8. The average Bonchev–Trinajstić information content (AvgIpc) is 3.03. The van der Waals surface area contributed by atoms with Gasteiger partial charge < -0.3 is 5.32 Å². The summed E-state index contributed by atoms with van der Waals surface area (Å²) in [5.74, 6) is -0.283. The van der Waals surface area contributed by atoms with Crippen molar-refractivity contribution in [3.8, 4) is 0 Å². The topological polar surface area (TPSA) is 101 Å². The highest BCUT2D eigenvalue weighted by molar-refractivity contribution is 7.94. The van der Waals surface area contributed by atoms with Gasteiger partial charge in [-0.15, -0.1) is 0 Å². The van der Waals surface area contributed by atoms with Crippen molar-refractivity contribution in [1.29, 1.82) is 0 Å². The van der Waals surface area contributed by atoms with Crippen molar-refractivity contribution in [2.45, 2.75) is 41.1 Å². The summed E-state index contributed by atoms with van der Waals surface area (Å²) in [5.41, 5.74) is -5.62. The van der Waals surface area contributed by atoms with E-state index in [1.807, 2.05) is 0 Å². The van der Waals surface area contributed by atoms with Gasteiger partial charge in [0.2, 0.25) is 15.9 Å². The number of alkyl halides is 3. The number of sulfone groups is 1. The molecule has 2 rings (SSSR count). The largest absolute Gasteiger partial charge is 0.501 e. The number of benzene rings is 1. The molecule has 0 radical (unpaired) electrons. The first-order valence-electron chi connectivity index (χ1n) is 7.61. The summed E-state index contributed by atoms with van der Waals surface area (Å²) in [5, 5.41) is 2.61. The summed E-state index contributed by atoms with van der Waals surface area (Å²) in [7, 11) is -10.3. The first-order chi connectivity index (χ1) is 11.9. The van der Waals surface area contributed by atoms with Crippen LogP contribution in [0.1, 0.15) is 19.8 Å². The smallest absolute Gasteiger partial charge is 0.352 e. The summed E-state index contributed by atoms with van der Waals surface area (Å²) in [6.45, 7) is 1.43. The lowest BCUT2D eigenvalue weighted by Gasteiger charge is -2.19. The summed E-state index contributed by atoms with van der Waals surface area (Å²) in [6, 6.07) is 3.12. The Kier molecular flexibility index (Phi) is 5.69. The number of carbonyl (C=O) groups is 1. The van der Waals surface area contributed by atoms with Crippen LogP contribution in [0.4, 0.5) is 13.2 Å². The molecule has 0 aliphatic carbocycles. The van der Waals surface area contributed by atoms with E-state index in [0.29, 0.717) is 6.07 Å². The molecule has 1 N–H and O–H groups in total. The van der Waals surface area contributed by atoms with Gasteiger partial charge in [0, 0.05) is 25.6 Å². The third-order valence-electron chi connectivity index (χ3n) is 3.90. The first kappa shape index (κ1) is 20.6. The normalized spacial score (nSPS) is 19.5. The number of hydrogen-bond acceptors (Lipinski definition) is 5. The van der Waals surface area contributed by atoms with Gasteiger partial charge in [-0.1, -0.05) is 19.1 Å². The Bertz CT molecular complexity index is 897. The second-order valence-corrected chi connectivity index (χ2v) is 9.48. The molecule has 1 unspecified atom stereocenters. The molecule has 0 aromatic heterocycles. The summed E-state index contributed by atoms with van der Waals surface area (Å²) >= 11 is 0. The highest BCUT2D eigenvalue weighted by Gasteiger charge is 2.49. The summed E-state index contributed by atoms with van der Waals surface area (Å²) in [4.78, 5) is 9.16. The van der Waals surface area contributed by atoms with E-state index in [1.165, 1.54) is 0 Å². The highest BCUT2D eigenvalue weighted by Crippen LogP contribution is 2.35. The van der Waals surface area contributed by atoms with Crippen LogP contribution in [0.3, 0.4) is 0 Å². The van der Waals surface area contributed by atoms with Gasteiger partial charge in [-0.05, 0) is 18.6 Å². The summed E-state index contributed by atoms with van der Waals surface area (Å²) < 4.78 is 88.3. The zero-order valence-electron chi connectivity index (χ0n) is 13.7. The molecule has 1 aliphatic rings. The number of nitrogens with zero attached hydrogens (tertiary/aromatic N) is 1. The number of rotatable bonds is 5. The van der Waals surface area contributed by atoms with Crippen LogP contribution < -0.4 is 5.32 Å². The van der Waals surface area contributed by atoms with Crippen molar-refractivity contribution in [3.63, 3.8) is 0 Å². The van der Waals surface area contributed by atoms with E-state index in [2.05, 4.69) is 5.32 Å². The molecule has 0 bridgehead atoms. The van der Waals surface area contributed by atoms with Crippen LogP contribution >= 0.6 is 0 Å². The number of hydrogen-bond donors (Lipinski definition) is 1. The standard InChI is InChI=1S/C14H17F3N2O5S2/c1-2-13(20)18-10-7-8-19(9-10)26(23,24)12-6-4-3-5-11(12)25(21,22)14(15,16)17/h3-6,10H,2,7-9H2,1H3,(H,18,20). The molecule has 1 fully saturated rings. The maximum atomic E-state index is 12.9. The molecule has 26 heavy (non-hydrogen) atoms. The molecular weight excluding hydrogens is 397 g/mol. The Morgan fingerprint density at radius 3 is 2.31 bits per heavy atom. The van der Waals surface area contributed by atoms with E-state index in [1.54, 1.807) is 6.92 Å². The monoisotopic (exact) mass is 414 g/mol. The lowest BCUT2D eigenvalue weighted by Crippen LogP contribution is -2.38. The third-order valence-corrected chi connectivity index (χ3v) is 7.50. The van der Waals surface area contributed by atoms with E-state index < -0.39 is 41.2 Å². The molecule has 7 nitrogen and oxygen atoms in total. The van der Waals surface area contributed by atoms with Gasteiger partial charge >= 0.3 is 5.51 Å². The van der Waals surface area contributed by atoms with Crippen molar-refractivity contribution >= 4 is 25.8 Å². The molecule has 1 aromatic rings. The van der Waals surface area contributed by atoms with Crippen LogP contribution in [-0.4, -0.2) is 51.7 Å². The van der Waals surface area contributed by atoms with E-state index in [9.17, 15) is 34.8 Å². The number of nitrogens with one attached hydrogen (secondary N) is 1. The van der Waals surface area contributed by atoms with Crippen LogP contribution in [0.5, 0.6) is 0 Å². The van der Waals surface area contributed by atoms with Crippen molar-refractivity contribution in [1.82, 2.24) is 9.62 Å². The minimum absolute atomic E-state index is 0.0443. The predicted octanol–water partition coefficient (Wildman–Crippen LogP) is 1.27. The van der Waals surface area contributed by atoms with Gasteiger partial charge in [0.1, 0.15) is 4.90 Å². The average molecular weight is 414 g/mol. The second kappa shape index (κ2) is 7.16. The SMILES string of the molecule is CCC(=O)NC1CCN(S(=O)(=O)c2ccccc2S(=O)(=O)C(F)(F)F)C1. The Balaban J connectivity index is 2.39. The number of halogens is 3. The van der Waals surface area contributed by atoms with Crippen molar-refractivity contribution in [2.75, 3.05) is 13.1 Å². The van der Waals surface area contributed by atoms with Gasteiger partial charge in [-0.2, -0.15) is 17.5 Å². The molecule has 12 heteroatoms. The number of amides is 1. The molecule has 1 amide bonds. The molecule has 0 spiro atoms. The molecule has 1 aromatic carbocycles. The molecule has 1 atom stereocenters. The molecule has 1 heterocycles. The lowest BCUT2D eigenvalue weighted by atomic mass is 10.2. The zero-order valence-corrected chi connectivity index (χ0v) is 15.3. The van der Waals surface area contributed by atoms with Gasteiger partial charge in [0.05, 0.1) is 4.90 Å². The van der Waals surface area contributed by atoms with Crippen LogP contribution in [0.25, 0.3) is 0 Å². The van der Waals surface area contributed by atoms with Crippen LogP contribution in [0, 0.1) is 0 Å². The van der Waals surface area contributed by atoms with Crippen LogP contribution in [0.2, 0.25) is 0 Å². The molecule has 146 valence electrons. The maximum absolute atomic E-state index is 12.9. The second-order valence-electron chi connectivity index (χ2n) is 5.67. The Labute approximate surface area is 149 Å². The minimum Gasteiger partial charge on any atom is -0.352 e. The van der Waals surface area contributed by atoms with Crippen molar-refractivity contribution < 1.29 is 34.8 Å². The van der Waals surface area contributed by atoms with Gasteiger partial charge in [0.15, 0.2) is 0 Å². The number of sulfonamides is 1. The third kappa shape index (κ3) is 3.86. The fourth-order valence-corrected chi connectivity index (χ4v) is 5.60. The molecule has 1 saturated heterocycles.